The molecule has 5 nitrogen and oxygen atoms in total. The summed E-state index contributed by atoms with van der Waals surface area (Å²) in [5.41, 5.74) is 3.54. The fraction of sp³-hybridized carbons (Fsp3) is 0.286. The monoisotopic (exact) mass is 457 g/mol. The minimum atomic E-state index is -0.290. The van der Waals surface area contributed by atoms with E-state index in [1.165, 1.54) is 30.5 Å². The van der Waals surface area contributed by atoms with Crippen molar-refractivity contribution in [2.75, 3.05) is 6.54 Å². The van der Waals surface area contributed by atoms with Crippen molar-refractivity contribution in [1.82, 2.24) is 14.9 Å². The van der Waals surface area contributed by atoms with E-state index in [4.69, 9.17) is 4.42 Å². The van der Waals surface area contributed by atoms with E-state index in [2.05, 4.69) is 33.9 Å². The van der Waals surface area contributed by atoms with Crippen LogP contribution in [0.5, 0.6) is 0 Å². The summed E-state index contributed by atoms with van der Waals surface area (Å²) in [5, 5.41) is 2.98. The number of benzene rings is 2. The van der Waals surface area contributed by atoms with E-state index in [-0.39, 0.29) is 23.4 Å². The number of hydrogen-bond acceptors (Lipinski definition) is 3. The average molecular weight is 458 g/mol. The maximum Gasteiger partial charge on any atom is 0.287 e. The molecule has 174 valence electrons. The number of aromatic nitrogens is 2. The Hall–Kier alpha value is -3.67. The van der Waals surface area contributed by atoms with Crippen molar-refractivity contribution in [2.45, 2.75) is 44.6 Å². The molecule has 5 rings (SSSR count). The first kappa shape index (κ1) is 22.1. The molecule has 2 heterocycles. The van der Waals surface area contributed by atoms with Crippen molar-refractivity contribution in [1.29, 1.82) is 0 Å². The number of rotatable bonds is 7. The fourth-order valence-corrected chi connectivity index (χ4v) is 4.70. The molecule has 1 aliphatic carbocycles. The molecule has 1 fully saturated rings. The number of carbonyl (C=O) groups excluding carboxylic acids is 1. The number of carbonyl (C=O) groups is 1. The third-order valence-corrected chi connectivity index (χ3v) is 6.63. The largest absolute Gasteiger partial charge is 0.449 e. The third kappa shape index (κ3) is 4.53. The third-order valence-electron chi connectivity index (χ3n) is 6.63. The van der Waals surface area contributed by atoms with Crippen LogP contribution in [0.15, 0.2) is 77.5 Å². The molecule has 0 aliphatic heterocycles. The molecule has 2 aromatic carbocycles. The molecule has 34 heavy (non-hydrogen) atoms. The number of furan rings is 1. The van der Waals surface area contributed by atoms with Gasteiger partial charge in [0.15, 0.2) is 11.5 Å². The van der Waals surface area contributed by atoms with E-state index >= 15 is 0 Å². The minimum Gasteiger partial charge on any atom is -0.449 e. The number of hydrogen-bond donors (Lipinski definition) is 1. The number of amides is 1. The van der Waals surface area contributed by atoms with Crippen molar-refractivity contribution < 1.29 is 13.6 Å². The molecule has 4 aromatic rings. The second-order valence-electron chi connectivity index (χ2n) is 8.98. The van der Waals surface area contributed by atoms with Crippen molar-refractivity contribution in [2.24, 2.45) is 0 Å². The predicted octanol–water partition coefficient (Wildman–Crippen LogP) is 6.60. The number of nitrogens with one attached hydrogen (secondary N) is 1. The molecule has 1 saturated carbocycles. The molecular weight excluding hydrogens is 429 g/mol. The van der Waals surface area contributed by atoms with E-state index in [1.807, 2.05) is 30.6 Å². The summed E-state index contributed by atoms with van der Waals surface area (Å²) in [7, 11) is 0. The zero-order valence-electron chi connectivity index (χ0n) is 19.2. The number of imidazole rings is 1. The fourth-order valence-electron chi connectivity index (χ4n) is 4.70. The van der Waals surface area contributed by atoms with Crippen LogP contribution in [0.3, 0.4) is 0 Å². The molecule has 1 amide bonds. The normalized spacial score (nSPS) is 14.9. The zero-order valence-corrected chi connectivity index (χ0v) is 19.2. The van der Waals surface area contributed by atoms with Crippen LogP contribution in [0, 0.1) is 5.82 Å². The Kier molecular flexibility index (Phi) is 6.30. The van der Waals surface area contributed by atoms with Crippen LogP contribution in [0.2, 0.25) is 0 Å². The van der Waals surface area contributed by atoms with Gasteiger partial charge in [0.1, 0.15) is 11.5 Å². The van der Waals surface area contributed by atoms with Gasteiger partial charge in [-0.25, -0.2) is 9.37 Å². The molecule has 0 bridgehead atoms. The zero-order chi connectivity index (χ0) is 23.5. The lowest BCUT2D eigenvalue weighted by molar-refractivity contribution is 0.0924. The summed E-state index contributed by atoms with van der Waals surface area (Å²) >= 11 is 0. The Labute approximate surface area is 198 Å². The molecule has 1 atom stereocenters. The minimum absolute atomic E-state index is 0.188. The van der Waals surface area contributed by atoms with Gasteiger partial charge in [0, 0.05) is 18.2 Å². The van der Waals surface area contributed by atoms with Crippen LogP contribution in [-0.4, -0.2) is 22.0 Å². The first-order valence-corrected chi connectivity index (χ1v) is 11.9. The molecule has 2 aromatic heterocycles. The topological polar surface area (TPSA) is 60.1 Å². The highest BCUT2D eigenvalue weighted by Crippen LogP contribution is 2.39. The van der Waals surface area contributed by atoms with Gasteiger partial charge in [-0.1, -0.05) is 50.1 Å². The Morgan fingerprint density at radius 3 is 2.56 bits per heavy atom. The lowest BCUT2D eigenvalue weighted by Gasteiger charge is -2.15. The van der Waals surface area contributed by atoms with Gasteiger partial charge in [0.2, 0.25) is 0 Å². The van der Waals surface area contributed by atoms with Crippen LogP contribution < -0.4 is 5.32 Å². The quantitative estimate of drug-likeness (QED) is 0.340. The maximum absolute atomic E-state index is 13.5. The second kappa shape index (κ2) is 9.67. The van der Waals surface area contributed by atoms with Crippen LogP contribution in [0.25, 0.3) is 22.7 Å². The van der Waals surface area contributed by atoms with Crippen LogP contribution in [0.4, 0.5) is 4.39 Å². The van der Waals surface area contributed by atoms with Gasteiger partial charge in [-0.2, -0.15) is 0 Å². The number of halogens is 1. The number of nitrogens with zero attached hydrogens (tertiary/aromatic N) is 2. The Balaban J connectivity index is 1.40. The summed E-state index contributed by atoms with van der Waals surface area (Å²) in [6, 6.07) is 20.3. The average Bonchev–Trinajstić information content (AvgIpc) is 3.63. The van der Waals surface area contributed by atoms with E-state index in [0.29, 0.717) is 18.3 Å². The van der Waals surface area contributed by atoms with Crippen molar-refractivity contribution in [3.63, 3.8) is 0 Å². The summed E-state index contributed by atoms with van der Waals surface area (Å²) < 4.78 is 21.7. The van der Waals surface area contributed by atoms with Crippen molar-refractivity contribution in [3.05, 3.63) is 90.2 Å². The molecule has 0 saturated heterocycles. The lowest BCUT2D eigenvalue weighted by atomic mass is 10.0. The Morgan fingerprint density at radius 1 is 1.09 bits per heavy atom. The second-order valence-corrected chi connectivity index (χ2v) is 8.98. The van der Waals surface area contributed by atoms with E-state index in [0.717, 1.165) is 29.8 Å². The maximum atomic E-state index is 13.5. The molecule has 6 heteroatoms. The van der Waals surface area contributed by atoms with E-state index in [1.54, 1.807) is 18.2 Å². The first-order chi connectivity index (χ1) is 16.6. The molecule has 1 N–H and O–H groups in total. The van der Waals surface area contributed by atoms with E-state index in [9.17, 15) is 9.18 Å². The SMILES string of the molecule is CC(CNC(=O)c1ccc(-c2c(-c3ccc(F)cc3)ncn2C2CCCC2)o1)c1ccccc1. The molecular formula is C28H28FN3O2. The highest BCUT2D eigenvalue weighted by molar-refractivity contribution is 5.92. The summed E-state index contributed by atoms with van der Waals surface area (Å²) in [6.07, 6.45) is 6.36. The highest BCUT2D eigenvalue weighted by Gasteiger charge is 2.26. The smallest absolute Gasteiger partial charge is 0.287 e. The Bertz CT molecular complexity index is 1250. The first-order valence-electron chi connectivity index (χ1n) is 11.9. The lowest BCUT2D eigenvalue weighted by Crippen LogP contribution is -2.27. The van der Waals surface area contributed by atoms with Gasteiger partial charge >= 0.3 is 0 Å². The predicted molar refractivity (Wildman–Crippen MR) is 130 cm³/mol. The molecule has 0 spiro atoms. The van der Waals surface area contributed by atoms with Crippen LogP contribution in [0.1, 0.15) is 60.7 Å². The van der Waals surface area contributed by atoms with Gasteiger partial charge in [-0.3, -0.25) is 4.79 Å². The van der Waals surface area contributed by atoms with E-state index < -0.39 is 0 Å². The molecule has 0 radical (unpaired) electrons. The molecule has 1 unspecified atom stereocenters. The Morgan fingerprint density at radius 2 is 1.82 bits per heavy atom. The molecule has 1 aliphatic rings. The van der Waals surface area contributed by atoms with Crippen molar-refractivity contribution >= 4 is 5.91 Å². The van der Waals surface area contributed by atoms with Gasteiger partial charge < -0.3 is 14.3 Å². The van der Waals surface area contributed by atoms with Gasteiger partial charge in [0.05, 0.1) is 12.0 Å². The van der Waals surface area contributed by atoms with Gasteiger partial charge in [0.25, 0.3) is 5.91 Å². The summed E-state index contributed by atoms with van der Waals surface area (Å²) in [5.74, 6) is 0.504. The standard InChI is InChI=1S/C28H28FN3O2/c1-19(20-7-3-2-4-8-20)17-30-28(33)25-16-15-24(34-25)27-26(21-11-13-22(29)14-12-21)31-18-32(27)23-9-5-6-10-23/h2-4,7-8,11-16,18-19,23H,5-6,9-10,17H2,1H3,(H,30,33). The highest BCUT2D eigenvalue weighted by atomic mass is 19.1. The van der Waals surface area contributed by atoms with Gasteiger partial charge in [-0.05, 0) is 60.7 Å². The van der Waals surface area contributed by atoms with Crippen molar-refractivity contribution in [3.8, 4) is 22.7 Å². The summed E-state index contributed by atoms with van der Waals surface area (Å²) in [4.78, 5) is 17.5. The van der Waals surface area contributed by atoms with Gasteiger partial charge in [-0.15, -0.1) is 0 Å². The summed E-state index contributed by atoms with van der Waals surface area (Å²) in [6.45, 7) is 2.60. The van der Waals surface area contributed by atoms with Crippen LogP contribution in [-0.2, 0) is 0 Å². The van der Waals surface area contributed by atoms with Crippen LogP contribution >= 0.6 is 0 Å².